The van der Waals surface area contributed by atoms with E-state index >= 15 is 0 Å². The molecule has 3 rings (SSSR count). The first kappa shape index (κ1) is 11.4. The number of rotatable bonds is 2. The first-order valence-electron chi connectivity index (χ1n) is 6.35. The van der Waals surface area contributed by atoms with Crippen LogP contribution in [0.3, 0.4) is 0 Å². The Labute approximate surface area is 106 Å². The van der Waals surface area contributed by atoms with Crippen LogP contribution in [0.5, 0.6) is 0 Å². The van der Waals surface area contributed by atoms with E-state index in [1.54, 1.807) is 12.1 Å². The molecule has 0 saturated heterocycles. The molecular weight excluding hydrogens is 229 g/mol. The van der Waals surface area contributed by atoms with Gasteiger partial charge in [-0.1, -0.05) is 13.0 Å². The summed E-state index contributed by atoms with van der Waals surface area (Å²) in [6.07, 6.45) is 1.79. The van der Waals surface area contributed by atoms with Crippen LogP contribution in [0.4, 0.5) is 4.39 Å². The van der Waals surface area contributed by atoms with Crippen LogP contribution in [-0.4, -0.2) is 16.1 Å². The van der Waals surface area contributed by atoms with Crippen molar-refractivity contribution in [1.29, 1.82) is 0 Å². The molecule has 4 heteroatoms. The van der Waals surface area contributed by atoms with Crippen LogP contribution in [0, 0.1) is 5.82 Å². The Morgan fingerprint density at radius 2 is 2.33 bits per heavy atom. The minimum absolute atomic E-state index is 0.203. The van der Waals surface area contributed by atoms with Crippen molar-refractivity contribution in [3.63, 3.8) is 0 Å². The fraction of sp³-hybridized carbons (Fsp3) is 0.357. The fourth-order valence-corrected chi connectivity index (χ4v) is 2.52. The number of benzene rings is 1. The zero-order chi connectivity index (χ0) is 12.5. The van der Waals surface area contributed by atoms with Crippen LogP contribution < -0.4 is 5.32 Å². The molecule has 0 radical (unpaired) electrons. The van der Waals surface area contributed by atoms with E-state index in [0.717, 1.165) is 43.1 Å². The van der Waals surface area contributed by atoms with Crippen LogP contribution in [-0.2, 0) is 19.4 Å². The van der Waals surface area contributed by atoms with Crippen molar-refractivity contribution in [2.75, 3.05) is 6.54 Å². The van der Waals surface area contributed by atoms with Crippen molar-refractivity contribution in [3.05, 3.63) is 47.3 Å². The summed E-state index contributed by atoms with van der Waals surface area (Å²) in [7, 11) is 0. The normalized spacial score (nSPS) is 14.6. The Morgan fingerprint density at radius 3 is 3.11 bits per heavy atom. The average molecular weight is 245 g/mol. The number of halogens is 1. The van der Waals surface area contributed by atoms with Crippen LogP contribution in [0.15, 0.2) is 24.3 Å². The maximum Gasteiger partial charge on any atom is 0.125 e. The predicted molar refractivity (Wildman–Crippen MR) is 68.3 cm³/mol. The lowest BCUT2D eigenvalue weighted by Gasteiger charge is -2.16. The van der Waals surface area contributed by atoms with Crippen LogP contribution in [0.2, 0.25) is 0 Å². The van der Waals surface area contributed by atoms with Gasteiger partial charge in [-0.05, 0) is 18.2 Å². The van der Waals surface area contributed by atoms with E-state index in [1.165, 1.54) is 11.8 Å². The summed E-state index contributed by atoms with van der Waals surface area (Å²) in [4.78, 5) is 4.65. The zero-order valence-corrected chi connectivity index (χ0v) is 10.4. The van der Waals surface area contributed by atoms with E-state index in [4.69, 9.17) is 0 Å². The number of nitrogens with one attached hydrogen (secondary N) is 1. The van der Waals surface area contributed by atoms with Gasteiger partial charge in [0, 0.05) is 37.3 Å². The van der Waals surface area contributed by atoms with E-state index < -0.39 is 0 Å². The molecule has 94 valence electrons. The summed E-state index contributed by atoms with van der Waals surface area (Å²) in [6.45, 7) is 3.85. The highest BCUT2D eigenvalue weighted by Crippen LogP contribution is 2.22. The summed E-state index contributed by atoms with van der Waals surface area (Å²) in [5.74, 6) is 0.806. The first-order valence-corrected chi connectivity index (χ1v) is 6.35. The number of hydrogen-bond acceptors (Lipinski definition) is 2. The summed E-state index contributed by atoms with van der Waals surface area (Å²) in [5.41, 5.74) is 3.20. The van der Waals surface area contributed by atoms with E-state index in [2.05, 4.69) is 21.8 Å². The van der Waals surface area contributed by atoms with Crippen molar-refractivity contribution in [2.45, 2.75) is 26.3 Å². The summed E-state index contributed by atoms with van der Waals surface area (Å²) in [6, 6.07) is 6.73. The van der Waals surface area contributed by atoms with E-state index in [1.807, 2.05) is 6.07 Å². The highest BCUT2D eigenvalue weighted by Gasteiger charge is 2.19. The third-order valence-electron chi connectivity index (χ3n) is 3.34. The molecule has 0 bridgehead atoms. The van der Waals surface area contributed by atoms with Crippen LogP contribution in [0.25, 0.3) is 5.69 Å². The van der Waals surface area contributed by atoms with Crippen LogP contribution in [0.1, 0.15) is 24.1 Å². The monoisotopic (exact) mass is 245 g/mol. The molecule has 3 nitrogen and oxygen atoms in total. The lowest BCUT2D eigenvalue weighted by molar-refractivity contribution is 0.615. The zero-order valence-electron chi connectivity index (χ0n) is 10.4. The first-order chi connectivity index (χ1) is 8.79. The maximum absolute atomic E-state index is 13.4. The van der Waals surface area contributed by atoms with E-state index in [-0.39, 0.29) is 5.82 Å². The van der Waals surface area contributed by atoms with Gasteiger partial charge >= 0.3 is 0 Å². The molecular formula is C14H16FN3. The molecule has 1 aliphatic heterocycles. The minimum atomic E-state index is -0.203. The van der Waals surface area contributed by atoms with Crippen LogP contribution >= 0.6 is 0 Å². The van der Waals surface area contributed by atoms with Crippen molar-refractivity contribution in [1.82, 2.24) is 14.9 Å². The summed E-state index contributed by atoms with van der Waals surface area (Å²) < 4.78 is 15.5. The molecule has 1 aliphatic rings. The Bertz CT molecular complexity index is 574. The number of fused-ring (bicyclic) bond motifs is 1. The van der Waals surface area contributed by atoms with Gasteiger partial charge in [0.25, 0.3) is 0 Å². The Balaban J connectivity index is 2.18. The SMILES string of the molecule is CCc1nc2c(n1-c1cccc(F)c1)CCNC2. The molecule has 0 saturated carbocycles. The number of aromatic nitrogens is 2. The third kappa shape index (κ3) is 1.82. The van der Waals surface area contributed by atoms with Gasteiger partial charge in [-0.15, -0.1) is 0 Å². The van der Waals surface area contributed by atoms with Crippen molar-refractivity contribution >= 4 is 0 Å². The van der Waals surface area contributed by atoms with Crippen molar-refractivity contribution < 1.29 is 4.39 Å². The standard InChI is InChI=1S/C14H16FN3/c1-2-14-17-12-9-16-7-6-13(12)18(14)11-5-3-4-10(15)8-11/h3-5,8,16H,2,6-7,9H2,1H3. The van der Waals surface area contributed by atoms with Gasteiger partial charge in [0.1, 0.15) is 11.6 Å². The van der Waals surface area contributed by atoms with Gasteiger partial charge in [-0.2, -0.15) is 0 Å². The summed E-state index contributed by atoms with van der Waals surface area (Å²) >= 11 is 0. The topological polar surface area (TPSA) is 29.9 Å². The quantitative estimate of drug-likeness (QED) is 0.879. The van der Waals surface area contributed by atoms with Gasteiger partial charge in [-0.25, -0.2) is 9.37 Å². The molecule has 1 aromatic carbocycles. The highest BCUT2D eigenvalue weighted by molar-refractivity contribution is 5.39. The molecule has 0 amide bonds. The Kier molecular flexibility index (Phi) is 2.88. The smallest absolute Gasteiger partial charge is 0.125 e. The summed E-state index contributed by atoms with van der Waals surface area (Å²) in [5, 5.41) is 3.32. The molecule has 0 unspecified atom stereocenters. The van der Waals surface area contributed by atoms with E-state index in [0.29, 0.717) is 0 Å². The molecule has 0 fully saturated rings. The minimum Gasteiger partial charge on any atom is -0.311 e. The Morgan fingerprint density at radius 1 is 1.44 bits per heavy atom. The number of nitrogens with zero attached hydrogens (tertiary/aromatic N) is 2. The molecule has 0 spiro atoms. The predicted octanol–water partition coefficient (Wildman–Crippen LogP) is 2.22. The molecule has 1 N–H and O–H groups in total. The maximum atomic E-state index is 13.4. The second kappa shape index (κ2) is 4.53. The van der Waals surface area contributed by atoms with E-state index in [9.17, 15) is 4.39 Å². The van der Waals surface area contributed by atoms with Gasteiger partial charge in [0.2, 0.25) is 0 Å². The lowest BCUT2D eigenvalue weighted by Crippen LogP contribution is -2.24. The third-order valence-corrected chi connectivity index (χ3v) is 3.34. The Hall–Kier alpha value is -1.68. The lowest BCUT2D eigenvalue weighted by atomic mass is 10.1. The largest absolute Gasteiger partial charge is 0.311 e. The second-order valence-electron chi connectivity index (χ2n) is 4.52. The molecule has 18 heavy (non-hydrogen) atoms. The van der Waals surface area contributed by atoms with Gasteiger partial charge < -0.3 is 9.88 Å². The number of imidazole rings is 1. The molecule has 0 atom stereocenters. The van der Waals surface area contributed by atoms with Crippen molar-refractivity contribution in [3.8, 4) is 5.69 Å². The average Bonchev–Trinajstić information content (AvgIpc) is 2.77. The van der Waals surface area contributed by atoms with Gasteiger partial charge in [-0.3, -0.25) is 0 Å². The molecule has 0 aliphatic carbocycles. The molecule has 2 heterocycles. The second-order valence-corrected chi connectivity index (χ2v) is 4.52. The molecule has 2 aromatic rings. The highest BCUT2D eigenvalue weighted by atomic mass is 19.1. The number of aryl methyl sites for hydroxylation is 1. The van der Waals surface area contributed by atoms with Crippen molar-refractivity contribution in [2.24, 2.45) is 0 Å². The molecule has 1 aromatic heterocycles. The van der Waals surface area contributed by atoms with Gasteiger partial charge in [0.05, 0.1) is 5.69 Å². The van der Waals surface area contributed by atoms with Gasteiger partial charge in [0.15, 0.2) is 0 Å². The fourth-order valence-electron chi connectivity index (χ4n) is 2.52. The number of hydrogen-bond donors (Lipinski definition) is 1.